The van der Waals surface area contributed by atoms with Gasteiger partial charge >= 0.3 is 0 Å². The van der Waals surface area contributed by atoms with Gasteiger partial charge in [-0.1, -0.05) is 51.9 Å². The smallest absolute Gasteiger partial charge is 0.0924 e. The molecule has 0 aliphatic carbocycles. The van der Waals surface area contributed by atoms with Crippen LogP contribution in [0, 0.1) is 6.92 Å². The van der Waals surface area contributed by atoms with Crippen LogP contribution in [-0.4, -0.2) is 4.98 Å². The van der Waals surface area contributed by atoms with E-state index in [9.17, 15) is 0 Å². The molecule has 1 aromatic heterocycles. The van der Waals surface area contributed by atoms with Crippen LogP contribution in [0.4, 0.5) is 0 Å². The molecule has 0 amide bonds. The summed E-state index contributed by atoms with van der Waals surface area (Å²) in [5, 5.41) is 3.36. The van der Waals surface area contributed by atoms with Crippen molar-refractivity contribution in [3.05, 3.63) is 23.5 Å². The lowest BCUT2D eigenvalue weighted by Crippen LogP contribution is -1.85. The minimum atomic E-state index is 1.10. The molecule has 15 heavy (non-hydrogen) atoms. The van der Waals surface area contributed by atoms with Gasteiger partial charge in [-0.2, -0.15) is 0 Å². The number of aryl methyl sites for hydroxylation is 1. The number of aromatic nitrogens is 1. The zero-order valence-corrected chi connectivity index (χ0v) is 10.4. The van der Waals surface area contributed by atoms with Crippen molar-refractivity contribution >= 4 is 11.3 Å². The Morgan fingerprint density at radius 2 is 1.67 bits per heavy atom. The molecule has 1 heterocycles. The summed E-state index contributed by atoms with van der Waals surface area (Å²) in [6.07, 6.45) is 13.7. The number of hydrogen-bond acceptors (Lipinski definition) is 2. The van der Waals surface area contributed by atoms with Crippen LogP contribution in [0.25, 0.3) is 0 Å². The van der Waals surface area contributed by atoms with Gasteiger partial charge in [0.05, 0.1) is 5.01 Å². The number of nitrogens with zero attached hydrogens (tertiary/aromatic N) is 1. The van der Waals surface area contributed by atoms with Crippen LogP contribution in [-0.2, 0) is 6.42 Å². The van der Waals surface area contributed by atoms with Crippen LogP contribution in [0.1, 0.15) is 56.4 Å². The van der Waals surface area contributed by atoms with E-state index in [1.165, 1.54) is 56.4 Å². The summed E-state index contributed by atoms with van der Waals surface area (Å²) in [5.74, 6) is 0. The summed E-state index contributed by atoms with van der Waals surface area (Å²) in [7, 11) is 0. The van der Waals surface area contributed by atoms with E-state index in [2.05, 4.69) is 17.3 Å². The molecule has 1 rings (SSSR count). The van der Waals surface area contributed by atoms with Crippen LogP contribution in [0.5, 0.6) is 0 Å². The lowest BCUT2D eigenvalue weighted by atomic mass is 10.1. The standard InChI is InChI=1S/C13H22NS/c1-2-3-4-5-6-7-8-9-10-13-14-11-12-15-13/h11-12H,1-10H2. The summed E-state index contributed by atoms with van der Waals surface area (Å²) < 4.78 is 0. The SMILES string of the molecule is [CH2]CCCCCCCCCc1nccs1. The van der Waals surface area contributed by atoms with Gasteiger partial charge in [0.1, 0.15) is 0 Å². The Morgan fingerprint density at radius 3 is 2.27 bits per heavy atom. The maximum atomic E-state index is 4.29. The molecule has 0 spiro atoms. The molecule has 0 saturated heterocycles. The number of thiazole rings is 1. The fourth-order valence-corrected chi connectivity index (χ4v) is 2.38. The van der Waals surface area contributed by atoms with Crippen molar-refractivity contribution in [2.75, 3.05) is 0 Å². The highest BCUT2D eigenvalue weighted by Crippen LogP contribution is 2.12. The van der Waals surface area contributed by atoms with E-state index >= 15 is 0 Å². The van der Waals surface area contributed by atoms with Gasteiger partial charge in [0, 0.05) is 11.6 Å². The first-order valence-corrected chi connectivity index (χ1v) is 6.99. The van der Waals surface area contributed by atoms with Gasteiger partial charge in [0.15, 0.2) is 0 Å². The Balaban J connectivity index is 1.81. The second-order valence-electron chi connectivity index (χ2n) is 4.00. The summed E-state index contributed by atoms with van der Waals surface area (Å²) in [6, 6.07) is 0. The monoisotopic (exact) mass is 224 g/mol. The Morgan fingerprint density at radius 1 is 1.00 bits per heavy atom. The Kier molecular flexibility index (Phi) is 7.53. The van der Waals surface area contributed by atoms with E-state index in [1.807, 2.05) is 6.20 Å². The molecule has 0 N–H and O–H groups in total. The summed E-state index contributed by atoms with van der Waals surface area (Å²) in [6.45, 7) is 3.86. The fraction of sp³-hybridized carbons (Fsp3) is 0.692. The molecule has 0 fully saturated rings. The fourth-order valence-electron chi connectivity index (χ4n) is 1.71. The summed E-state index contributed by atoms with van der Waals surface area (Å²) in [5.41, 5.74) is 0. The average Bonchev–Trinajstić information content (AvgIpc) is 2.75. The molecule has 0 atom stereocenters. The molecule has 0 aliphatic heterocycles. The van der Waals surface area contributed by atoms with Gasteiger partial charge in [-0.3, -0.25) is 0 Å². The highest BCUT2D eigenvalue weighted by atomic mass is 32.1. The molecule has 85 valence electrons. The van der Waals surface area contributed by atoms with Crippen LogP contribution >= 0.6 is 11.3 Å². The Hall–Kier alpha value is -0.370. The summed E-state index contributed by atoms with van der Waals surface area (Å²) in [4.78, 5) is 4.29. The average molecular weight is 224 g/mol. The molecule has 1 nitrogen and oxygen atoms in total. The third kappa shape index (κ3) is 6.67. The van der Waals surface area contributed by atoms with Gasteiger partial charge in [-0.05, 0) is 12.8 Å². The van der Waals surface area contributed by atoms with Crippen molar-refractivity contribution in [1.29, 1.82) is 0 Å². The largest absolute Gasteiger partial charge is 0.250 e. The highest BCUT2D eigenvalue weighted by molar-refractivity contribution is 7.09. The van der Waals surface area contributed by atoms with Gasteiger partial charge in [0.25, 0.3) is 0 Å². The molecular formula is C13H22NS. The Labute approximate surface area is 97.9 Å². The van der Waals surface area contributed by atoms with Crippen LogP contribution in [0.15, 0.2) is 11.6 Å². The van der Waals surface area contributed by atoms with E-state index in [0.29, 0.717) is 0 Å². The third-order valence-electron chi connectivity index (χ3n) is 2.62. The first kappa shape index (κ1) is 12.7. The van der Waals surface area contributed by atoms with E-state index in [0.717, 1.165) is 6.42 Å². The van der Waals surface area contributed by atoms with Crippen molar-refractivity contribution in [1.82, 2.24) is 4.98 Å². The molecule has 1 radical (unpaired) electrons. The quantitative estimate of drug-likeness (QED) is 0.557. The number of hydrogen-bond donors (Lipinski definition) is 0. The van der Waals surface area contributed by atoms with E-state index in [-0.39, 0.29) is 0 Å². The van der Waals surface area contributed by atoms with Crippen molar-refractivity contribution in [3.8, 4) is 0 Å². The minimum Gasteiger partial charge on any atom is -0.250 e. The lowest BCUT2D eigenvalue weighted by Gasteiger charge is -2.00. The molecule has 0 aromatic carbocycles. The maximum Gasteiger partial charge on any atom is 0.0924 e. The molecule has 0 aliphatic rings. The first-order chi connectivity index (χ1) is 7.43. The lowest BCUT2D eigenvalue weighted by molar-refractivity contribution is 0.580. The summed E-state index contributed by atoms with van der Waals surface area (Å²) >= 11 is 1.78. The van der Waals surface area contributed by atoms with Crippen molar-refractivity contribution in [3.63, 3.8) is 0 Å². The topological polar surface area (TPSA) is 12.9 Å². The maximum absolute atomic E-state index is 4.29. The molecule has 0 bridgehead atoms. The van der Waals surface area contributed by atoms with E-state index < -0.39 is 0 Å². The van der Waals surface area contributed by atoms with Crippen molar-refractivity contribution in [2.24, 2.45) is 0 Å². The zero-order chi connectivity index (χ0) is 10.8. The zero-order valence-electron chi connectivity index (χ0n) is 9.58. The van der Waals surface area contributed by atoms with Crippen LogP contribution in [0.2, 0.25) is 0 Å². The predicted octanol–water partition coefficient (Wildman–Crippen LogP) is 4.64. The second kappa shape index (κ2) is 8.90. The highest BCUT2D eigenvalue weighted by Gasteiger charge is 1.95. The van der Waals surface area contributed by atoms with Gasteiger partial charge in [-0.15, -0.1) is 11.3 Å². The minimum absolute atomic E-state index is 1.10. The predicted molar refractivity (Wildman–Crippen MR) is 68.1 cm³/mol. The van der Waals surface area contributed by atoms with Gasteiger partial charge in [0.2, 0.25) is 0 Å². The second-order valence-corrected chi connectivity index (χ2v) is 4.98. The number of rotatable bonds is 9. The first-order valence-electron chi connectivity index (χ1n) is 6.11. The molecule has 0 unspecified atom stereocenters. The normalized spacial score (nSPS) is 10.7. The van der Waals surface area contributed by atoms with Crippen molar-refractivity contribution in [2.45, 2.75) is 57.8 Å². The molecular weight excluding hydrogens is 202 g/mol. The van der Waals surface area contributed by atoms with Gasteiger partial charge < -0.3 is 0 Å². The Bertz CT molecular complexity index is 218. The molecule has 0 saturated carbocycles. The van der Waals surface area contributed by atoms with Gasteiger partial charge in [-0.25, -0.2) is 4.98 Å². The number of unbranched alkanes of at least 4 members (excludes halogenated alkanes) is 7. The third-order valence-corrected chi connectivity index (χ3v) is 3.46. The van der Waals surface area contributed by atoms with Crippen LogP contribution in [0.3, 0.4) is 0 Å². The van der Waals surface area contributed by atoms with E-state index in [4.69, 9.17) is 0 Å². The van der Waals surface area contributed by atoms with Crippen LogP contribution < -0.4 is 0 Å². The van der Waals surface area contributed by atoms with E-state index in [1.54, 1.807) is 11.3 Å². The molecule has 2 heteroatoms. The van der Waals surface area contributed by atoms with Crippen molar-refractivity contribution < 1.29 is 0 Å². The molecule has 1 aromatic rings.